The van der Waals surface area contributed by atoms with Gasteiger partial charge in [-0.25, -0.2) is 8.42 Å². The molecular formula is C16H15NO3S2. The van der Waals surface area contributed by atoms with Crippen molar-refractivity contribution in [2.45, 2.75) is 21.3 Å². The number of aliphatic hydroxyl groups is 1. The van der Waals surface area contributed by atoms with Crippen LogP contribution in [0.4, 0.5) is 0 Å². The molecule has 0 atom stereocenters. The van der Waals surface area contributed by atoms with Gasteiger partial charge >= 0.3 is 0 Å². The third-order valence-electron chi connectivity index (χ3n) is 3.34. The standard InChI is InChI=1S/C16H15NO3S2/c1-22(19,20)12-7-8-13-14(9-12)17-15(10-18)16(13)21-11-5-3-2-4-6-11/h2-9,17-18H,10H2,1H3. The summed E-state index contributed by atoms with van der Waals surface area (Å²) in [7, 11) is -3.25. The summed E-state index contributed by atoms with van der Waals surface area (Å²) in [6.45, 7) is -0.127. The smallest absolute Gasteiger partial charge is 0.175 e. The first-order chi connectivity index (χ1) is 10.5. The maximum absolute atomic E-state index is 11.7. The molecule has 0 aliphatic rings. The van der Waals surface area contributed by atoms with Crippen LogP contribution in [-0.2, 0) is 16.4 Å². The van der Waals surface area contributed by atoms with Crippen LogP contribution in [0.15, 0.2) is 63.2 Å². The zero-order valence-electron chi connectivity index (χ0n) is 11.9. The first-order valence-corrected chi connectivity index (χ1v) is 9.38. The molecule has 114 valence electrons. The quantitative estimate of drug-likeness (QED) is 0.769. The van der Waals surface area contributed by atoms with Crippen LogP contribution in [0.2, 0.25) is 0 Å². The van der Waals surface area contributed by atoms with E-state index in [2.05, 4.69) is 4.98 Å². The van der Waals surface area contributed by atoms with Crippen molar-refractivity contribution in [3.8, 4) is 0 Å². The first kappa shape index (κ1) is 15.1. The lowest BCUT2D eigenvalue weighted by atomic mass is 10.2. The van der Waals surface area contributed by atoms with Crippen LogP contribution < -0.4 is 0 Å². The number of sulfone groups is 1. The number of H-pyrrole nitrogens is 1. The van der Waals surface area contributed by atoms with Gasteiger partial charge in [-0.15, -0.1) is 0 Å². The molecule has 4 nitrogen and oxygen atoms in total. The van der Waals surface area contributed by atoms with Gasteiger partial charge in [0, 0.05) is 26.9 Å². The van der Waals surface area contributed by atoms with Gasteiger partial charge in [0.05, 0.1) is 17.2 Å². The van der Waals surface area contributed by atoms with Gasteiger partial charge in [0.15, 0.2) is 9.84 Å². The minimum atomic E-state index is -3.25. The lowest BCUT2D eigenvalue weighted by Gasteiger charge is -2.03. The molecule has 0 aliphatic heterocycles. The Hall–Kier alpha value is -1.76. The van der Waals surface area contributed by atoms with Crippen LogP contribution in [0.3, 0.4) is 0 Å². The number of nitrogens with one attached hydrogen (secondary N) is 1. The molecule has 0 bridgehead atoms. The van der Waals surface area contributed by atoms with Gasteiger partial charge in [0.2, 0.25) is 0 Å². The molecule has 1 aromatic heterocycles. The number of hydrogen-bond acceptors (Lipinski definition) is 4. The van der Waals surface area contributed by atoms with E-state index in [4.69, 9.17) is 0 Å². The molecule has 0 fully saturated rings. The van der Waals surface area contributed by atoms with Gasteiger partial charge in [-0.05, 0) is 24.3 Å². The molecule has 2 aromatic carbocycles. The van der Waals surface area contributed by atoms with Crippen molar-refractivity contribution in [3.63, 3.8) is 0 Å². The van der Waals surface area contributed by atoms with Crippen molar-refractivity contribution in [2.75, 3.05) is 6.26 Å². The topological polar surface area (TPSA) is 70.2 Å². The monoisotopic (exact) mass is 333 g/mol. The van der Waals surface area contributed by atoms with Crippen molar-refractivity contribution in [1.29, 1.82) is 0 Å². The Labute approximate surface area is 133 Å². The Bertz CT molecular complexity index is 915. The number of rotatable bonds is 4. The third kappa shape index (κ3) is 2.90. The second-order valence-corrected chi connectivity index (χ2v) is 8.08. The van der Waals surface area contributed by atoms with Gasteiger partial charge in [-0.1, -0.05) is 36.0 Å². The largest absolute Gasteiger partial charge is 0.390 e. The molecule has 3 rings (SSSR count). The van der Waals surface area contributed by atoms with Gasteiger partial charge in [-0.2, -0.15) is 0 Å². The molecule has 0 unspecified atom stereocenters. The fraction of sp³-hybridized carbons (Fsp3) is 0.125. The molecule has 22 heavy (non-hydrogen) atoms. The van der Waals surface area contributed by atoms with E-state index in [1.165, 1.54) is 6.26 Å². The Morgan fingerprint density at radius 2 is 1.86 bits per heavy atom. The predicted octanol–water partition coefficient (Wildman–Crippen LogP) is 3.21. The molecule has 0 saturated carbocycles. The van der Waals surface area contributed by atoms with E-state index in [0.29, 0.717) is 11.2 Å². The van der Waals surface area contributed by atoms with Crippen LogP contribution in [0, 0.1) is 0 Å². The van der Waals surface area contributed by atoms with E-state index in [1.54, 1.807) is 30.0 Å². The van der Waals surface area contributed by atoms with E-state index in [0.717, 1.165) is 15.2 Å². The predicted molar refractivity (Wildman–Crippen MR) is 87.9 cm³/mol. The fourth-order valence-corrected chi connectivity index (χ4v) is 3.97. The van der Waals surface area contributed by atoms with E-state index in [1.807, 2.05) is 30.3 Å². The highest BCUT2D eigenvalue weighted by molar-refractivity contribution is 7.99. The zero-order valence-corrected chi connectivity index (χ0v) is 13.5. The second-order valence-electron chi connectivity index (χ2n) is 4.99. The van der Waals surface area contributed by atoms with Crippen LogP contribution in [0.5, 0.6) is 0 Å². The van der Waals surface area contributed by atoms with Gasteiger partial charge in [-0.3, -0.25) is 0 Å². The van der Waals surface area contributed by atoms with Gasteiger partial charge < -0.3 is 10.1 Å². The van der Waals surface area contributed by atoms with Crippen LogP contribution in [0.25, 0.3) is 10.9 Å². The highest BCUT2D eigenvalue weighted by Crippen LogP contribution is 2.37. The molecule has 0 saturated heterocycles. The Morgan fingerprint density at radius 1 is 1.14 bits per heavy atom. The van der Waals surface area contributed by atoms with Crippen LogP contribution in [0.1, 0.15) is 5.69 Å². The SMILES string of the molecule is CS(=O)(=O)c1ccc2c(Sc3ccccc3)c(CO)[nH]c2c1. The van der Waals surface area contributed by atoms with Gasteiger partial charge in [0.1, 0.15) is 0 Å². The summed E-state index contributed by atoms with van der Waals surface area (Å²) in [5.41, 5.74) is 1.40. The molecule has 0 radical (unpaired) electrons. The minimum Gasteiger partial charge on any atom is -0.390 e. The summed E-state index contributed by atoms with van der Waals surface area (Å²) in [6.07, 6.45) is 1.18. The average Bonchev–Trinajstić information content (AvgIpc) is 2.84. The van der Waals surface area contributed by atoms with Crippen molar-refractivity contribution in [2.24, 2.45) is 0 Å². The number of benzene rings is 2. The molecule has 6 heteroatoms. The lowest BCUT2D eigenvalue weighted by Crippen LogP contribution is -1.96. The Kier molecular flexibility index (Phi) is 3.99. The van der Waals surface area contributed by atoms with E-state index >= 15 is 0 Å². The van der Waals surface area contributed by atoms with Crippen LogP contribution >= 0.6 is 11.8 Å². The third-order valence-corrected chi connectivity index (χ3v) is 5.63. The molecule has 0 spiro atoms. The van der Waals surface area contributed by atoms with Crippen LogP contribution in [-0.4, -0.2) is 24.8 Å². The van der Waals surface area contributed by atoms with E-state index in [-0.39, 0.29) is 11.5 Å². The number of aliphatic hydroxyl groups excluding tert-OH is 1. The van der Waals surface area contributed by atoms with E-state index in [9.17, 15) is 13.5 Å². The highest BCUT2D eigenvalue weighted by Gasteiger charge is 2.15. The summed E-state index contributed by atoms with van der Waals surface area (Å²) >= 11 is 1.55. The Morgan fingerprint density at radius 3 is 2.50 bits per heavy atom. The summed E-state index contributed by atoms with van der Waals surface area (Å²) in [5, 5.41) is 10.5. The number of fused-ring (bicyclic) bond motifs is 1. The molecule has 0 amide bonds. The summed E-state index contributed by atoms with van der Waals surface area (Å²) in [5.74, 6) is 0. The van der Waals surface area contributed by atoms with E-state index < -0.39 is 9.84 Å². The van der Waals surface area contributed by atoms with Gasteiger partial charge in [0.25, 0.3) is 0 Å². The highest BCUT2D eigenvalue weighted by atomic mass is 32.2. The van der Waals surface area contributed by atoms with Crippen molar-refractivity contribution in [1.82, 2.24) is 4.98 Å². The summed E-state index contributed by atoms with van der Waals surface area (Å²) < 4.78 is 23.3. The maximum atomic E-state index is 11.7. The van der Waals surface area contributed by atoms with Crippen molar-refractivity contribution >= 4 is 32.5 Å². The molecule has 2 N–H and O–H groups in total. The molecule has 1 heterocycles. The zero-order chi connectivity index (χ0) is 15.7. The fourth-order valence-electron chi connectivity index (χ4n) is 2.27. The molecule has 3 aromatic rings. The maximum Gasteiger partial charge on any atom is 0.175 e. The second kappa shape index (κ2) is 5.79. The first-order valence-electron chi connectivity index (χ1n) is 6.67. The Balaban J connectivity index is 2.13. The summed E-state index contributed by atoms with van der Waals surface area (Å²) in [6, 6.07) is 14.8. The lowest BCUT2D eigenvalue weighted by molar-refractivity contribution is 0.275. The molecular weight excluding hydrogens is 318 g/mol. The number of aromatic nitrogens is 1. The summed E-state index contributed by atoms with van der Waals surface area (Å²) in [4.78, 5) is 5.36. The number of hydrogen-bond donors (Lipinski definition) is 2. The normalized spacial score (nSPS) is 11.9. The number of aromatic amines is 1. The average molecular weight is 333 g/mol. The minimum absolute atomic E-state index is 0.127. The molecule has 0 aliphatic carbocycles. The van der Waals surface area contributed by atoms with Crippen molar-refractivity contribution < 1.29 is 13.5 Å². The van der Waals surface area contributed by atoms with Crippen molar-refractivity contribution in [3.05, 3.63) is 54.2 Å².